The summed E-state index contributed by atoms with van der Waals surface area (Å²) in [5.41, 5.74) is -1.05. The third kappa shape index (κ3) is 4.28. The van der Waals surface area contributed by atoms with Crippen molar-refractivity contribution in [2.75, 3.05) is 6.61 Å². The minimum atomic E-state index is -1.08. The lowest BCUT2D eigenvalue weighted by atomic mass is 9.69. The van der Waals surface area contributed by atoms with Gasteiger partial charge in [-0.15, -0.1) is 0 Å². The maximum absolute atomic E-state index is 10.6. The highest BCUT2D eigenvalue weighted by atomic mass is 16.3. The van der Waals surface area contributed by atoms with Gasteiger partial charge in [0.1, 0.15) is 0 Å². The van der Waals surface area contributed by atoms with Crippen molar-refractivity contribution >= 4 is 0 Å². The van der Waals surface area contributed by atoms with Gasteiger partial charge in [0.2, 0.25) is 0 Å². The number of hydrogen-bond donors (Lipinski definition) is 4. The van der Waals surface area contributed by atoms with E-state index in [2.05, 4.69) is 0 Å². The topological polar surface area (TPSA) is 80.9 Å². The number of aliphatic hydroxyl groups is 4. The van der Waals surface area contributed by atoms with Gasteiger partial charge in [0, 0.05) is 6.42 Å². The first-order valence-corrected chi connectivity index (χ1v) is 7.10. The van der Waals surface area contributed by atoms with Crippen molar-refractivity contribution in [3.8, 4) is 0 Å². The zero-order valence-corrected chi connectivity index (χ0v) is 12.3. The first-order valence-electron chi connectivity index (χ1n) is 7.10. The normalized spacial score (nSPS) is 38.3. The Balaban J connectivity index is 2.54. The molecule has 0 heterocycles. The molecule has 19 heavy (non-hydrogen) atoms. The number of allylic oxidation sites excluding steroid dienone is 1. The molecule has 1 saturated carbocycles. The van der Waals surface area contributed by atoms with E-state index in [9.17, 15) is 15.3 Å². The van der Waals surface area contributed by atoms with Crippen LogP contribution in [0.2, 0.25) is 0 Å². The van der Waals surface area contributed by atoms with Crippen molar-refractivity contribution in [2.45, 2.75) is 70.2 Å². The maximum atomic E-state index is 10.6. The van der Waals surface area contributed by atoms with Crippen molar-refractivity contribution in [1.82, 2.24) is 0 Å². The molecular formula is C15H28O4. The van der Waals surface area contributed by atoms with Crippen LogP contribution in [-0.2, 0) is 0 Å². The zero-order valence-electron chi connectivity index (χ0n) is 12.3. The predicted molar refractivity (Wildman–Crippen MR) is 74.7 cm³/mol. The van der Waals surface area contributed by atoms with E-state index in [1.165, 1.54) is 0 Å². The second-order valence-corrected chi connectivity index (χ2v) is 6.37. The van der Waals surface area contributed by atoms with E-state index >= 15 is 0 Å². The Labute approximate surface area is 115 Å². The SMILES string of the molecule is CC(=CCC[C@H](C)[C@]1(O)CC[C@](C)(O)[C@H](O)C1)CO. The van der Waals surface area contributed by atoms with Crippen LogP contribution in [0.5, 0.6) is 0 Å². The van der Waals surface area contributed by atoms with Gasteiger partial charge < -0.3 is 20.4 Å². The van der Waals surface area contributed by atoms with Gasteiger partial charge in [-0.05, 0) is 45.4 Å². The van der Waals surface area contributed by atoms with Crippen LogP contribution < -0.4 is 0 Å². The lowest BCUT2D eigenvalue weighted by Gasteiger charge is -2.45. The molecule has 0 aliphatic heterocycles. The van der Waals surface area contributed by atoms with Gasteiger partial charge in [-0.2, -0.15) is 0 Å². The van der Waals surface area contributed by atoms with Crippen molar-refractivity contribution in [3.63, 3.8) is 0 Å². The molecule has 0 saturated heterocycles. The molecule has 0 bridgehead atoms. The minimum absolute atomic E-state index is 0.0565. The third-order valence-corrected chi connectivity index (χ3v) is 4.59. The summed E-state index contributed by atoms with van der Waals surface area (Å²) in [6.07, 6.45) is 3.88. The van der Waals surface area contributed by atoms with Gasteiger partial charge in [-0.3, -0.25) is 0 Å². The summed E-state index contributed by atoms with van der Waals surface area (Å²) in [5, 5.41) is 39.4. The van der Waals surface area contributed by atoms with Gasteiger partial charge >= 0.3 is 0 Å². The van der Waals surface area contributed by atoms with E-state index in [1.807, 2.05) is 19.9 Å². The molecule has 1 aliphatic rings. The van der Waals surface area contributed by atoms with E-state index in [0.717, 1.165) is 18.4 Å². The summed E-state index contributed by atoms with van der Waals surface area (Å²) < 4.78 is 0. The zero-order chi connectivity index (χ0) is 14.7. The molecule has 0 radical (unpaired) electrons. The highest BCUT2D eigenvalue weighted by Crippen LogP contribution is 2.40. The largest absolute Gasteiger partial charge is 0.392 e. The Hall–Kier alpha value is -0.420. The molecule has 1 fully saturated rings. The van der Waals surface area contributed by atoms with Crippen LogP contribution in [0.25, 0.3) is 0 Å². The number of rotatable bonds is 5. The fourth-order valence-electron chi connectivity index (χ4n) is 2.65. The lowest BCUT2D eigenvalue weighted by molar-refractivity contribution is -0.163. The van der Waals surface area contributed by atoms with E-state index in [1.54, 1.807) is 6.92 Å². The van der Waals surface area contributed by atoms with Gasteiger partial charge in [-0.25, -0.2) is 0 Å². The van der Waals surface area contributed by atoms with E-state index < -0.39 is 17.3 Å². The molecule has 112 valence electrons. The van der Waals surface area contributed by atoms with E-state index in [-0.39, 0.29) is 18.9 Å². The quantitative estimate of drug-likeness (QED) is 0.570. The molecule has 1 rings (SSSR count). The average Bonchev–Trinajstić information content (AvgIpc) is 2.34. The van der Waals surface area contributed by atoms with Crippen LogP contribution in [0.4, 0.5) is 0 Å². The lowest BCUT2D eigenvalue weighted by Crippen LogP contribution is -2.53. The maximum Gasteiger partial charge on any atom is 0.0879 e. The fraction of sp³-hybridized carbons (Fsp3) is 0.867. The van der Waals surface area contributed by atoms with Crippen LogP contribution in [0.1, 0.15) is 52.9 Å². The molecule has 0 spiro atoms. The summed E-state index contributed by atoms with van der Waals surface area (Å²) in [7, 11) is 0. The first kappa shape index (κ1) is 16.6. The molecule has 4 heteroatoms. The van der Waals surface area contributed by atoms with Crippen LogP contribution in [0.15, 0.2) is 11.6 Å². The first-order chi connectivity index (χ1) is 8.71. The Bertz CT molecular complexity index is 324. The van der Waals surface area contributed by atoms with Crippen molar-refractivity contribution in [3.05, 3.63) is 11.6 Å². The summed E-state index contributed by atoms with van der Waals surface area (Å²) in [4.78, 5) is 0. The highest BCUT2D eigenvalue weighted by molar-refractivity contribution is 5.01. The molecule has 0 aromatic carbocycles. The van der Waals surface area contributed by atoms with Gasteiger partial charge in [-0.1, -0.05) is 18.6 Å². The monoisotopic (exact) mass is 272 g/mol. The van der Waals surface area contributed by atoms with Gasteiger partial charge in [0.05, 0.1) is 23.9 Å². The van der Waals surface area contributed by atoms with Crippen LogP contribution in [0, 0.1) is 5.92 Å². The molecule has 4 N–H and O–H groups in total. The number of aliphatic hydroxyl groups excluding tert-OH is 2. The van der Waals surface area contributed by atoms with Crippen molar-refractivity contribution in [2.24, 2.45) is 5.92 Å². The van der Waals surface area contributed by atoms with E-state index in [0.29, 0.717) is 12.8 Å². The smallest absolute Gasteiger partial charge is 0.0879 e. The molecule has 0 aromatic heterocycles. The third-order valence-electron chi connectivity index (χ3n) is 4.59. The minimum Gasteiger partial charge on any atom is -0.392 e. The highest BCUT2D eigenvalue weighted by Gasteiger charge is 2.46. The molecule has 4 atom stereocenters. The summed E-state index contributed by atoms with van der Waals surface area (Å²) in [6, 6.07) is 0. The van der Waals surface area contributed by atoms with Crippen molar-refractivity contribution < 1.29 is 20.4 Å². The molecule has 1 aliphatic carbocycles. The predicted octanol–water partition coefficient (Wildman–Crippen LogP) is 1.37. The summed E-state index contributed by atoms with van der Waals surface area (Å²) in [6.45, 7) is 5.55. The molecule has 0 unspecified atom stereocenters. The van der Waals surface area contributed by atoms with E-state index in [4.69, 9.17) is 5.11 Å². The Morgan fingerprint density at radius 2 is 2.00 bits per heavy atom. The standard InChI is InChI=1S/C15H28O4/c1-11(10-16)5-4-6-12(2)15(19)8-7-14(3,18)13(17)9-15/h5,12-13,16-19H,4,6-10H2,1-3H3/t12-,13+,14-,15-/m0/s1. The molecular weight excluding hydrogens is 244 g/mol. The fourth-order valence-corrected chi connectivity index (χ4v) is 2.65. The van der Waals surface area contributed by atoms with Crippen LogP contribution >= 0.6 is 0 Å². The van der Waals surface area contributed by atoms with Crippen LogP contribution in [-0.4, -0.2) is 44.3 Å². The average molecular weight is 272 g/mol. The molecule has 0 amide bonds. The Kier molecular flexibility index (Phi) is 5.56. The van der Waals surface area contributed by atoms with Crippen molar-refractivity contribution in [1.29, 1.82) is 0 Å². The second kappa shape index (κ2) is 6.35. The summed E-state index contributed by atoms with van der Waals surface area (Å²) >= 11 is 0. The van der Waals surface area contributed by atoms with Gasteiger partial charge in [0.15, 0.2) is 0 Å². The number of hydrogen-bond acceptors (Lipinski definition) is 4. The Morgan fingerprint density at radius 3 is 2.53 bits per heavy atom. The Morgan fingerprint density at radius 1 is 1.37 bits per heavy atom. The van der Waals surface area contributed by atoms with Gasteiger partial charge in [0.25, 0.3) is 0 Å². The second-order valence-electron chi connectivity index (χ2n) is 6.37. The molecule has 4 nitrogen and oxygen atoms in total. The van der Waals surface area contributed by atoms with Crippen LogP contribution in [0.3, 0.4) is 0 Å². The summed E-state index contributed by atoms with van der Waals surface area (Å²) in [5.74, 6) is 0.0565. The molecule has 0 aromatic rings.